The highest BCUT2D eigenvalue weighted by Gasteiger charge is 1.99. The first-order valence-electron chi connectivity index (χ1n) is 4.95. The van der Waals surface area contributed by atoms with Gasteiger partial charge in [-0.15, -0.1) is 0 Å². The van der Waals surface area contributed by atoms with Crippen molar-refractivity contribution >= 4 is 5.57 Å². The Hall–Kier alpha value is -1.11. The number of allylic oxidation sites excluding steroid dienone is 2. The molecule has 1 heterocycles. The average molecular weight is 175 g/mol. The topological polar surface area (TPSA) is 12.9 Å². The van der Waals surface area contributed by atoms with E-state index < -0.39 is 0 Å². The van der Waals surface area contributed by atoms with Crippen LogP contribution in [-0.4, -0.2) is 4.98 Å². The molecule has 1 nitrogen and oxygen atoms in total. The van der Waals surface area contributed by atoms with Crippen molar-refractivity contribution in [1.29, 1.82) is 0 Å². The van der Waals surface area contributed by atoms with Gasteiger partial charge in [-0.05, 0) is 37.5 Å². The first-order chi connectivity index (χ1) is 6.38. The molecule has 70 valence electrons. The Morgan fingerprint density at radius 3 is 2.85 bits per heavy atom. The molecule has 0 radical (unpaired) electrons. The van der Waals surface area contributed by atoms with Crippen LogP contribution in [0.15, 0.2) is 30.5 Å². The van der Waals surface area contributed by atoms with E-state index in [1.807, 2.05) is 18.3 Å². The van der Waals surface area contributed by atoms with E-state index in [0.717, 1.165) is 12.1 Å². The van der Waals surface area contributed by atoms with E-state index in [2.05, 4.69) is 31.0 Å². The molecule has 1 aromatic rings. The standard InChI is InChI=1S/C12H17N/c1-3-5-8-11(4-2)12-9-6-7-10-13-12/h4,6-7,9-10H,3,5,8H2,1-2H3. The minimum atomic E-state index is 1.12. The molecule has 0 spiro atoms. The highest BCUT2D eigenvalue weighted by Crippen LogP contribution is 2.17. The molecule has 0 aliphatic heterocycles. The van der Waals surface area contributed by atoms with Gasteiger partial charge in [0.1, 0.15) is 0 Å². The molecule has 1 aromatic heterocycles. The van der Waals surface area contributed by atoms with Gasteiger partial charge in [-0.1, -0.05) is 25.5 Å². The summed E-state index contributed by atoms with van der Waals surface area (Å²) < 4.78 is 0. The molecule has 0 aromatic carbocycles. The molecular weight excluding hydrogens is 158 g/mol. The maximum Gasteiger partial charge on any atom is 0.0658 e. The molecular formula is C12H17N. The van der Waals surface area contributed by atoms with Crippen LogP contribution in [0.2, 0.25) is 0 Å². The van der Waals surface area contributed by atoms with Crippen molar-refractivity contribution in [2.24, 2.45) is 0 Å². The largest absolute Gasteiger partial charge is 0.257 e. The number of rotatable bonds is 4. The van der Waals surface area contributed by atoms with Crippen molar-refractivity contribution in [3.8, 4) is 0 Å². The number of nitrogens with zero attached hydrogens (tertiary/aromatic N) is 1. The van der Waals surface area contributed by atoms with E-state index in [4.69, 9.17) is 0 Å². The van der Waals surface area contributed by atoms with Crippen LogP contribution < -0.4 is 0 Å². The molecule has 0 bridgehead atoms. The monoisotopic (exact) mass is 175 g/mol. The summed E-state index contributed by atoms with van der Waals surface area (Å²) in [5.41, 5.74) is 2.49. The second-order valence-electron chi connectivity index (χ2n) is 3.13. The quantitative estimate of drug-likeness (QED) is 0.680. The lowest BCUT2D eigenvalue weighted by Crippen LogP contribution is -1.88. The molecule has 0 aliphatic rings. The minimum absolute atomic E-state index is 1.12. The van der Waals surface area contributed by atoms with Gasteiger partial charge < -0.3 is 0 Å². The van der Waals surface area contributed by atoms with Crippen LogP contribution in [0.1, 0.15) is 38.8 Å². The molecule has 13 heavy (non-hydrogen) atoms. The van der Waals surface area contributed by atoms with Crippen molar-refractivity contribution in [3.05, 3.63) is 36.2 Å². The molecule has 0 saturated heterocycles. The maximum absolute atomic E-state index is 4.33. The zero-order valence-corrected chi connectivity index (χ0v) is 8.46. The lowest BCUT2D eigenvalue weighted by Gasteiger charge is -2.04. The first-order valence-corrected chi connectivity index (χ1v) is 4.95. The second kappa shape index (κ2) is 5.52. The highest BCUT2D eigenvalue weighted by atomic mass is 14.7. The molecule has 0 unspecified atom stereocenters. The maximum atomic E-state index is 4.33. The van der Waals surface area contributed by atoms with Crippen molar-refractivity contribution in [2.45, 2.75) is 33.1 Å². The van der Waals surface area contributed by atoms with Gasteiger partial charge in [0.2, 0.25) is 0 Å². The van der Waals surface area contributed by atoms with E-state index in [1.165, 1.54) is 18.4 Å². The molecule has 0 atom stereocenters. The van der Waals surface area contributed by atoms with Gasteiger partial charge in [0.15, 0.2) is 0 Å². The SMILES string of the molecule is CC=C(CCCC)c1ccccn1. The van der Waals surface area contributed by atoms with Gasteiger partial charge in [-0.25, -0.2) is 0 Å². The fraction of sp³-hybridized carbons (Fsp3) is 0.417. The van der Waals surface area contributed by atoms with Crippen LogP contribution in [0.4, 0.5) is 0 Å². The zero-order chi connectivity index (χ0) is 9.52. The van der Waals surface area contributed by atoms with Gasteiger partial charge in [0, 0.05) is 6.20 Å². The third kappa shape index (κ3) is 3.02. The van der Waals surface area contributed by atoms with Crippen LogP contribution in [0, 0.1) is 0 Å². The smallest absolute Gasteiger partial charge is 0.0658 e. The third-order valence-corrected chi connectivity index (χ3v) is 2.14. The minimum Gasteiger partial charge on any atom is -0.257 e. The summed E-state index contributed by atoms with van der Waals surface area (Å²) >= 11 is 0. The van der Waals surface area contributed by atoms with E-state index in [-0.39, 0.29) is 0 Å². The van der Waals surface area contributed by atoms with E-state index >= 15 is 0 Å². The van der Waals surface area contributed by atoms with Crippen LogP contribution >= 0.6 is 0 Å². The van der Waals surface area contributed by atoms with Gasteiger partial charge >= 0.3 is 0 Å². The van der Waals surface area contributed by atoms with Gasteiger partial charge in [0.05, 0.1) is 5.69 Å². The summed E-state index contributed by atoms with van der Waals surface area (Å²) in [5.74, 6) is 0. The van der Waals surface area contributed by atoms with Crippen LogP contribution in [-0.2, 0) is 0 Å². The van der Waals surface area contributed by atoms with E-state index in [1.54, 1.807) is 0 Å². The summed E-state index contributed by atoms with van der Waals surface area (Å²) in [7, 11) is 0. The van der Waals surface area contributed by atoms with Gasteiger partial charge in [-0.2, -0.15) is 0 Å². The zero-order valence-electron chi connectivity index (χ0n) is 8.46. The van der Waals surface area contributed by atoms with Crippen molar-refractivity contribution < 1.29 is 0 Å². The van der Waals surface area contributed by atoms with Crippen molar-refractivity contribution in [2.75, 3.05) is 0 Å². The Morgan fingerprint density at radius 1 is 1.46 bits per heavy atom. The Morgan fingerprint density at radius 2 is 2.31 bits per heavy atom. The third-order valence-electron chi connectivity index (χ3n) is 2.14. The normalized spacial score (nSPS) is 11.7. The molecule has 0 aliphatic carbocycles. The molecule has 0 fully saturated rings. The summed E-state index contributed by atoms with van der Waals surface area (Å²) in [5, 5.41) is 0. The first kappa shape index (κ1) is 9.97. The lowest BCUT2D eigenvalue weighted by atomic mass is 10.1. The van der Waals surface area contributed by atoms with Crippen LogP contribution in [0.5, 0.6) is 0 Å². The lowest BCUT2D eigenvalue weighted by molar-refractivity contribution is 0.821. The predicted molar refractivity (Wildman–Crippen MR) is 57.4 cm³/mol. The molecule has 1 heteroatoms. The van der Waals surface area contributed by atoms with Gasteiger partial charge in [-0.3, -0.25) is 4.98 Å². The second-order valence-corrected chi connectivity index (χ2v) is 3.13. The fourth-order valence-corrected chi connectivity index (χ4v) is 1.34. The fourth-order valence-electron chi connectivity index (χ4n) is 1.34. The number of pyridine rings is 1. The highest BCUT2D eigenvalue weighted by molar-refractivity contribution is 5.61. The number of hydrogen-bond donors (Lipinski definition) is 0. The number of aromatic nitrogens is 1. The predicted octanol–water partition coefficient (Wildman–Crippen LogP) is 3.68. The van der Waals surface area contributed by atoms with Crippen molar-refractivity contribution in [1.82, 2.24) is 4.98 Å². The molecule has 0 saturated carbocycles. The Bertz CT molecular complexity index is 262. The van der Waals surface area contributed by atoms with E-state index in [9.17, 15) is 0 Å². The average Bonchev–Trinajstić information content (AvgIpc) is 2.21. The molecule has 1 rings (SSSR count). The Balaban J connectivity index is 2.69. The summed E-state index contributed by atoms with van der Waals surface area (Å²) in [4.78, 5) is 4.33. The van der Waals surface area contributed by atoms with Gasteiger partial charge in [0.25, 0.3) is 0 Å². The van der Waals surface area contributed by atoms with Crippen LogP contribution in [0.25, 0.3) is 5.57 Å². The van der Waals surface area contributed by atoms with Crippen molar-refractivity contribution in [3.63, 3.8) is 0 Å². The summed E-state index contributed by atoms with van der Waals surface area (Å²) in [6, 6.07) is 6.07. The number of hydrogen-bond acceptors (Lipinski definition) is 1. The van der Waals surface area contributed by atoms with Crippen LogP contribution in [0.3, 0.4) is 0 Å². The molecule has 0 N–H and O–H groups in total. The Kier molecular flexibility index (Phi) is 4.24. The summed E-state index contributed by atoms with van der Waals surface area (Å²) in [6.07, 6.45) is 7.65. The number of unbranched alkanes of at least 4 members (excludes halogenated alkanes) is 1. The molecule has 0 amide bonds. The summed E-state index contributed by atoms with van der Waals surface area (Å²) in [6.45, 7) is 4.30. The van der Waals surface area contributed by atoms with E-state index in [0.29, 0.717) is 0 Å². The Labute approximate surface area is 80.5 Å².